The molecule has 2 unspecified atom stereocenters. The van der Waals surface area contributed by atoms with Crippen LogP contribution in [0, 0.1) is 5.92 Å². The minimum Gasteiger partial charge on any atom is -0.489 e. The zero-order valence-electron chi connectivity index (χ0n) is 10.4. The second-order valence-corrected chi connectivity index (χ2v) is 4.88. The molecule has 0 N–H and O–H groups in total. The second kappa shape index (κ2) is 5.84. The molecule has 0 fully saturated rings. The molecule has 4 heteroatoms. The molecular weight excluding hydrogens is 343 g/mol. The van der Waals surface area contributed by atoms with Gasteiger partial charge in [-0.25, -0.2) is 0 Å². The van der Waals surface area contributed by atoms with E-state index in [2.05, 4.69) is 22.6 Å². The van der Waals surface area contributed by atoms with Gasteiger partial charge in [-0.3, -0.25) is 4.79 Å². The first-order chi connectivity index (χ1) is 8.69. The predicted octanol–water partition coefficient (Wildman–Crippen LogP) is 3.29. The molecule has 1 aromatic rings. The molecular formula is C14H15IO3. The van der Waals surface area contributed by atoms with Gasteiger partial charge in [0.15, 0.2) is 0 Å². The number of ketones is 1. The standard InChI is InChI=1S/C14H15IO3/c1-9(16)13-10(7-15)8-18-12-6-4-3-5-11(12)14(13)17-2/h3-7,13-14H,8H2,1-2H3/b10-7+. The first-order valence-electron chi connectivity index (χ1n) is 5.73. The Labute approximate surface area is 120 Å². The number of methoxy groups -OCH3 is 1. The van der Waals surface area contributed by atoms with Gasteiger partial charge < -0.3 is 9.47 Å². The number of hydrogen-bond donors (Lipinski definition) is 0. The highest BCUT2D eigenvalue weighted by molar-refractivity contribution is 14.1. The van der Waals surface area contributed by atoms with Gasteiger partial charge in [-0.05, 0) is 22.6 Å². The van der Waals surface area contributed by atoms with Crippen LogP contribution in [0.15, 0.2) is 33.9 Å². The van der Waals surface area contributed by atoms with Crippen molar-refractivity contribution in [3.63, 3.8) is 0 Å². The predicted molar refractivity (Wildman–Crippen MR) is 78.0 cm³/mol. The fourth-order valence-corrected chi connectivity index (χ4v) is 2.88. The molecule has 1 aliphatic rings. The van der Waals surface area contributed by atoms with Crippen molar-refractivity contribution in [3.8, 4) is 5.75 Å². The van der Waals surface area contributed by atoms with Crippen LogP contribution >= 0.6 is 22.6 Å². The smallest absolute Gasteiger partial charge is 0.140 e. The number of fused-ring (bicyclic) bond motifs is 1. The zero-order chi connectivity index (χ0) is 13.1. The van der Waals surface area contributed by atoms with E-state index in [1.54, 1.807) is 14.0 Å². The number of rotatable bonds is 2. The third-order valence-electron chi connectivity index (χ3n) is 3.15. The maximum Gasteiger partial charge on any atom is 0.140 e. The molecule has 1 aliphatic heterocycles. The summed E-state index contributed by atoms with van der Waals surface area (Å²) in [6.07, 6.45) is -0.276. The number of para-hydroxylation sites is 1. The van der Waals surface area contributed by atoms with Gasteiger partial charge in [-0.1, -0.05) is 40.8 Å². The average Bonchev–Trinajstić information content (AvgIpc) is 2.54. The molecule has 1 aromatic carbocycles. The van der Waals surface area contributed by atoms with Crippen molar-refractivity contribution in [2.45, 2.75) is 13.0 Å². The van der Waals surface area contributed by atoms with Crippen LogP contribution in [0.4, 0.5) is 0 Å². The van der Waals surface area contributed by atoms with Crippen molar-refractivity contribution < 1.29 is 14.3 Å². The van der Waals surface area contributed by atoms with Crippen molar-refractivity contribution >= 4 is 28.4 Å². The average molecular weight is 358 g/mol. The lowest BCUT2D eigenvalue weighted by atomic mass is 9.87. The zero-order valence-corrected chi connectivity index (χ0v) is 12.5. The normalized spacial score (nSPS) is 25.2. The van der Waals surface area contributed by atoms with Crippen LogP contribution in [0.2, 0.25) is 0 Å². The molecule has 0 bridgehead atoms. The van der Waals surface area contributed by atoms with E-state index >= 15 is 0 Å². The van der Waals surface area contributed by atoms with Crippen LogP contribution in [0.3, 0.4) is 0 Å². The molecule has 96 valence electrons. The van der Waals surface area contributed by atoms with Gasteiger partial charge >= 0.3 is 0 Å². The highest BCUT2D eigenvalue weighted by Gasteiger charge is 2.34. The molecule has 0 saturated heterocycles. The van der Waals surface area contributed by atoms with Crippen LogP contribution in [0.5, 0.6) is 5.75 Å². The van der Waals surface area contributed by atoms with Gasteiger partial charge in [0.05, 0.1) is 12.0 Å². The van der Waals surface area contributed by atoms with Crippen molar-refractivity contribution in [3.05, 3.63) is 39.5 Å². The lowest BCUT2D eigenvalue weighted by Crippen LogP contribution is -2.24. The Kier molecular flexibility index (Phi) is 4.40. The lowest BCUT2D eigenvalue weighted by molar-refractivity contribution is -0.123. The topological polar surface area (TPSA) is 35.5 Å². The van der Waals surface area contributed by atoms with Crippen LogP contribution in [-0.4, -0.2) is 19.5 Å². The molecule has 0 spiro atoms. The monoisotopic (exact) mass is 358 g/mol. The Balaban J connectivity index is 2.53. The number of Topliss-reactive ketones (excluding diaryl/α,β-unsaturated/α-hetero) is 1. The Hall–Kier alpha value is -0.880. The van der Waals surface area contributed by atoms with Crippen LogP contribution in [0.1, 0.15) is 18.6 Å². The summed E-state index contributed by atoms with van der Waals surface area (Å²) in [6.45, 7) is 2.04. The number of ether oxygens (including phenoxy) is 2. The Morgan fingerprint density at radius 3 is 2.83 bits per heavy atom. The van der Waals surface area contributed by atoms with Gasteiger partial charge in [0.1, 0.15) is 18.1 Å². The van der Waals surface area contributed by atoms with E-state index in [-0.39, 0.29) is 17.8 Å². The van der Waals surface area contributed by atoms with Gasteiger partial charge in [-0.15, -0.1) is 0 Å². The van der Waals surface area contributed by atoms with E-state index in [0.29, 0.717) is 6.61 Å². The molecule has 18 heavy (non-hydrogen) atoms. The van der Waals surface area contributed by atoms with E-state index in [1.807, 2.05) is 28.3 Å². The number of benzene rings is 1. The second-order valence-electron chi connectivity index (χ2n) is 4.26. The van der Waals surface area contributed by atoms with Crippen molar-refractivity contribution in [2.75, 3.05) is 13.7 Å². The van der Waals surface area contributed by atoms with E-state index < -0.39 is 0 Å². The fraction of sp³-hybridized carbons (Fsp3) is 0.357. The Bertz CT molecular complexity index is 482. The van der Waals surface area contributed by atoms with Crippen LogP contribution in [-0.2, 0) is 9.53 Å². The SMILES string of the molecule is COC1c2ccccc2OC/C(=C\I)C1C(C)=O. The number of carbonyl (C=O) groups is 1. The highest BCUT2D eigenvalue weighted by Crippen LogP contribution is 2.40. The van der Waals surface area contributed by atoms with Gasteiger partial charge in [0.25, 0.3) is 0 Å². The summed E-state index contributed by atoms with van der Waals surface area (Å²) < 4.78 is 13.2. The van der Waals surface area contributed by atoms with E-state index in [4.69, 9.17) is 9.47 Å². The van der Waals surface area contributed by atoms with Gasteiger partial charge in [0.2, 0.25) is 0 Å². The third kappa shape index (κ3) is 2.44. The molecule has 3 nitrogen and oxygen atoms in total. The number of carbonyl (C=O) groups excluding carboxylic acids is 1. The molecule has 2 rings (SSSR count). The van der Waals surface area contributed by atoms with E-state index in [1.165, 1.54) is 0 Å². The maximum absolute atomic E-state index is 11.9. The van der Waals surface area contributed by atoms with Crippen LogP contribution < -0.4 is 4.74 Å². The minimum absolute atomic E-state index is 0.102. The Morgan fingerprint density at radius 1 is 1.50 bits per heavy atom. The fourth-order valence-electron chi connectivity index (χ4n) is 2.31. The van der Waals surface area contributed by atoms with Crippen molar-refractivity contribution in [1.82, 2.24) is 0 Å². The summed E-state index contributed by atoms with van der Waals surface area (Å²) in [5, 5.41) is 0. The van der Waals surface area contributed by atoms with Crippen molar-refractivity contribution in [1.29, 1.82) is 0 Å². The third-order valence-corrected chi connectivity index (χ3v) is 3.95. The van der Waals surface area contributed by atoms with Crippen molar-refractivity contribution in [2.24, 2.45) is 5.92 Å². The van der Waals surface area contributed by atoms with E-state index in [9.17, 15) is 4.79 Å². The summed E-state index contributed by atoms with van der Waals surface area (Å²) in [7, 11) is 1.63. The molecule has 0 amide bonds. The first-order valence-corrected chi connectivity index (χ1v) is 6.97. The molecule has 2 atom stereocenters. The summed E-state index contributed by atoms with van der Waals surface area (Å²) >= 11 is 2.15. The first kappa shape index (κ1) is 13.5. The minimum atomic E-state index is -0.276. The molecule has 0 aliphatic carbocycles. The van der Waals surface area contributed by atoms with Gasteiger partial charge in [0, 0.05) is 12.7 Å². The molecule has 0 radical (unpaired) electrons. The van der Waals surface area contributed by atoms with Crippen LogP contribution in [0.25, 0.3) is 0 Å². The maximum atomic E-state index is 11.9. The molecule has 0 saturated carbocycles. The summed E-state index contributed by atoms with van der Waals surface area (Å²) in [4.78, 5) is 11.9. The number of hydrogen-bond acceptors (Lipinski definition) is 3. The lowest BCUT2D eigenvalue weighted by Gasteiger charge is -2.23. The summed E-state index contributed by atoms with van der Waals surface area (Å²) in [5.74, 6) is 0.629. The quantitative estimate of drug-likeness (QED) is 0.762. The highest BCUT2D eigenvalue weighted by atomic mass is 127. The largest absolute Gasteiger partial charge is 0.489 e. The van der Waals surface area contributed by atoms with Gasteiger partial charge in [-0.2, -0.15) is 0 Å². The Morgan fingerprint density at radius 2 is 2.22 bits per heavy atom. The summed E-state index contributed by atoms with van der Waals surface area (Å²) in [5.41, 5.74) is 1.90. The number of halogens is 1. The molecule has 0 aromatic heterocycles. The molecule has 1 heterocycles. The van der Waals surface area contributed by atoms with E-state index in [0.717, 1.165) is 16.9 Å². The summed E-state index contributed by atoms with van der Waals surface area (Å²) in [6, 6.07) is 7.72.